The molecule has 9 nitrogen and oxygen atoms in total. The molecule has 4 aromatic rings. The molecule has 0 saturated carbocycles. The Morgan fingerprint density at radius 2 is 1.97 bits per heavy atom. The maximum Gasteiger partial charge on any atom is 0.341 e. The maximum atomic E-state index is 13.8. The lowest BCUT2D eigenvalue weighted by atomic mass is 10.2. The van der Waals surface area contributed by atoms with Gasteiger partial charge in [0.1, 0.15) is 12.4 Å². The number of nitrogens with zero attached hydrogens (tertiary/aromatic N) is 6. The van der Waals surface area contributed by atoms with Gasteiger partial charge in [-0.2, -0.15) is 10.4 Å². The number of aromatic nitrogens is 4. The molecule has 1 aliphatic rings. The van der Waals surface area contributed by atoms with Crippen LogP contribution < -0.4 is 11.0 Å². The number of hydrogen-bond donors (Lipinski definition) is 1. The first-order chi connectivity index (χ1) is 17.9. The van der Waals surface area contributed by atoms with Crippen LogP contribution in [0.25, 0.3) is 22.8 Å². The van der Waals surface area contributed by atoms with Crippen LogP contribution in [-0.4, -0.2) is 56.0 Å². The highest BCUT2D eigenvalue weighted by Crippen LogP contribution is 2.27. The minimum atomic E-state index is -0.670. The van der Waals surface area contributed by atoms with E-state index >= 15 is 0 Å². The van der Waals surface area contributed by atoms with Crippen molar-refractivity contribution in [3.8, 4) is 28.8 Å². The molecule has 3 heterocycles. The Bertz CT molecular complexity index is 1560. The zero-order valence-electron chi connectivity index (χ0n) is 20.6. The smallest absolute Gasteiger partial charge is 0.333 e. The molecule has 1 amide bonds. The van der Waals surface area contributed by atoms with Crippen molar-refractivity contribution in [2.75, 3.05) is 20.1 Å². The number of halogens is 1. The van der Waals surface area contributed by atoms with E-state index in [0.717, 1.165) is 17.5 Å². The number of alkyl halides is 1. The molecule has 0 spiro atoms. The summed E-state index contributed by atoms with van der Waals surface area (Å²) in [6.07, 6.45) is 2.38. The third-order valence-electron chi connectivity index (χ3n) is 6.66. The predicted molar refractivity (Wildman–Crippen MR) is 137 cm³/mol. The third kappa shape index (κ3) is 4.45. The fraction of sp³-hybridized carbons (Fsp3) is 0.259. The van der Waals surface area contributed by atoms with E-state index in [9.17, 15) is 14.0 Å². The number of carbonyl (C=O) groups excluding carboxylic acids is 1. The van der Waals surface area contributed by atoms with Crippen molar-refractivity contribution in [3.05, 3.63) is 88.1 Å². The second-order valence-electron chi connectivity index (χ2n) is 9.18. The second kappa shape index (κ2) is 9.87. The van der Waals surface area contributed by atoms with Crippen molar-refractivity contribution in [1.82, 2.24) is 29.1 Å². The van der Waals surface area contributed by atoms with Crippen LogP contribution in [-0.2, 0) is 6.67 Å². The van der Waals surface area contributed by atoms with E-state index < -0.39 is 18.4 Å². The average molecular weight is 500 g/mol. The number of benzene rings is 2. The summed E-state index contributed by atoms with van der Waals surface area (Å²) in [5, 5.41) is 16.6. The topological polar surface area (TPSA) is 101 Å². The first kappa shape index (κ1) is 24.2. The number of nitrogens with one attached hydrogen (secondary N) is 1. The maximum absolute atomic E-state index is 13.8. The Morgan fingerprint density at radius 1 is 1.19 bits per heavy atom. The third-order valence-corrected chi connectivity index (χ3v) is 6.66. The molecule has 1 aliphatic heterocycles. The first-order valence-electron chi connectivity index (χ1n) is 11.9. The minimum absolute atomic E-state index is 0.0841. The molecule has 1 saturated heterocycles. The number of likely N-dealkylation sites (N-methyl/N-ethyl adjacent to an activating group) is 1. The molecule has 37 heavy (non-hydrogen) atoms. The summed E-state index contributed by atoms with van der Waals surface area (Å²) in [7, 11) is 1.98. The summed E-state index contributed by atoms with van der Waals surface area (Å²) < 4.78 is 17.6. The molecule has 1 fully saturated rings. The molecule has 1 N–H and O–H groups in total. The number of likely N-dealkylation sites (tertiary alicyclic amines) is 1. The van der Waals surface area contributed by atoms with Crippen molar-refractivity contribution in [1.29, 1.82) is 5.26 Å². The van der Waals surface area contributed by atoms with E-state index in [1.54, 1.807) is 72.4 Å². The van der Waals surface area contributed by atoms with Gasteiger partial charge < -0.3 is 10.2 Å². The highest BCUT2D eigenvalue weighted by molar-refractivity contribution is 5.83. The Morgan fingerprint density at radius 3 is 2.65 bits per heavy atom. The lowest BCUT2D eigenvalue weighted by molar-refractivity contribution is 0.238. The lowest BCUT2D eigenvalue weighted by Gasteiger charge is -2.15. The predicted octanol–water partition coefficient (Wildman–Crippen LogP) is 3.40. The van der Waals surface area contributed by atoms with Crippen molar-refractivity contribution in [2.24, 2.45) is 0 Å². The summed E-state index contributed by atoms with van der Waals surface area (Å²) in [6.45, 7) is 2.63. The Kier molecular flexibility index (Phi) is 6.46. The molecule has 0 unspecified atom stereocenters. The molecule has 5 rings (SSSR count). The number of rotatable bonds is 5. The molecule has 0 aliphatic carbocycles. The van der Waals surface area contributed by atoms with Crippen LogP contribution in [0, 0.1) is 18.3 Å². The van der Waals surface area contributed by atoms with E-state index in [1.165, 1.54) is 4.57 Å². The van der Waals surface area contributed by atoms with Crippen LogP contribution in [0.3, 0.4) is 0 Å². The highest BCUT2D eigenvalue weighted by atomic mass is 19.1. The Hall–Kier alpha value is -4.49. The van der Waals surface area contributed by atoms with E-state index in [-0.39, 0.29) is 6.04 Å². The Labute approximate surface area is 213 Å². The van der Waals surface area contributed by atoms with Gasteiger partial charge in [-0.05, 0) is 75.0 Å². The Balaban J connectivity index is 1.68. The van der Waals surface area contributed by atoms with Crippen molar-refractivity contribution in [2.45, 2.75) is 26.1 Å². The van der Waals surface area contributed by atoms with Crippen LogP contribution in [0.4, 0.5) is 9.18 Å². The largest absolute Gasteiger partial charge is 0.341 e. The summed E-state index contributed by atoms with van der Waals surface area (Å²) in [5.41, 5.74) is 2.93. The number of amides is 1. The van der Waals surface area contributed by atoms with Crippen LogP contribution in [0.1, 0.15) is 23.2 Å². The SMILES string of the molecule is Cc1c(-c2ccnn2-c2ccc(C#N)cc2)n(C(=O)N[C@H]2CCN(C)C2)c(=O)n1-c1cccc(CF)c1. The molecule has 10 heteroatoms. The molecule has 0 radical (unpaired) electrons. The van der Waals surface area contributed by atoms with Crippen molar-refractivity contribution >= 4 is 6.03 Å². The second-order valence-corrected chi connectivity index (χ2v) is 9.18. The minimum Gasteiger partial charge on any atom is -0.333 e. The molecular weight excluding hydrogens is 473 g/mol. The van der Waals surface area contributed by atoms with Gasteiger partial charge in [0.15, 0.2) is 0 Å². The quantitative estimate of drug-likeness (QED) is 0.454. The van der Waals surface area contributed by atoms with Gasteiger partial charge in [-0.3, -0.25) is 4.57 Å². The summed E-state index contributed by atoms with van der Waals surface area (Å²) in [4.78, 5) is 29.5. The van der Waals surface area contributed by atoms with Crippen LogP contribution in [0.15, 0.2) is 65.6 Å². The molecular formula is C27H26FN7O2. The molecule has 188 valence electrons. The van der Waals surface area contributed by atoms with Crippen molar-refractivity contribution < 1.29 is 9.18 Å². The number of carbonyl (C=O) groups is 1. The lowest BCUT2D eigenvalue weighted by Crippen LogP contribution is -2.43. The van der Waals surface area contributed by atoms with E-state index in [4.69, 9.17) is 5.26 Å². The van der Waals surface area contributed by atoms with Gasteiger partial charge >= 0.3 is 11.7 Å². The van der Waals surface area contributed by atoms with Crippen LogP contribution in [0.5, 0.6) is 0 Å². The summed E-state index contributed by atoms with van der Waals surface area (Å²) in [6, 6.07) is 16.7. The van der Waals surface area contributed by atoms with Gasteiger partial charge in [-0.25, -0.2) is 23.2 Å². The first-order valence-corrected chi connectivity index (χ1v) is 11.9. The molecule has 2 aromatic carbocycles. The average Bonchev–Trinajstić information content (AvgIpc) is 3.61. The van der Waals surface area contributed by atoms with Gasteiger partial charge in [0.2, 0.25) is 0 Å². The van der Waals surface area contributed by atoms with Crippen molar-refractivity contribution in [3.63, 3.8) is 0 Å². The molecule has 1 atom stereocenters. The van der Waals surface area contributed by atoms with Gasteiger partial charge in [0, 0.05) is 12.6 Å². The zero-order valence-corrected chi connectivity index (χ0v) is 20.6. The molecule has 2 aromatic heterocycles. The summed E-state index contributed by atoms with van der Waals surface area (Å²) >= 11 is 0. The van der Waals surface area contributed by atoms with Gasteiger partial charge in [-0.1, -0.05) is 12.1 Å². The van der Waals surface area contributed by atoms with Gasteiger partial charge in [-0.15, -0.1) is 0 Å². The van der Waals surface area contributed by atoms with Gasteiger partial charge in [0.05, 0.1) is 40.6 Å². The van der Waals surface area contributed by atoms with Gasteiger partial charge in [0.25, 0.3) is 0 Å². The zero-order chi connectivity index (χ0) is 26.1. The van der Waals surface area contributed by atoms with E-state index in [0.29, 0.717) is 46.1 Å². The van der Waals surface area contributed by atoms with Crippen LogP contribution >= 0.6 is 0 Å². The fourth-order valence-electron chi connectivity index (χ4n) is 4.84. The normalized spacial score (nSPS) is 15.6. The number of nitriles is 1. The van der Waals surface area contributed by atoms with E-state index in [2.05, 4.69) is 21.4 Å². The fourth-order valence-corrected chi connectivity index (χ4v) is 4.84. The monoisotopic (exact) mass is 499 g/mol. The van der Waals surface area contributed by atoms with Crippen LogP contribution in [0.2, 0.25) is 0 Å². The standard InChI is InChI=1S/C27H26FN7O2/c1-18-25(24-10-12-30-35(24)22-8-6-19(16-29)7-9-22)34(26(36)31-21-11-13-32(2)17-21)27(37)33(18)23-5-3-4-20(14-23)15-28/h3-10,12,14,21H,11,13,15,17H2,1-2H3,(H,31,36)/t21-/m0/s1. The molecule has 0 bridgehead atoms. The number of imidazole rings is 1. The number of hydrogen-bond acceptors (Lipinski definition) is 5. The van der Waals surface area contributed by atoms with E-state index in [1.807, 2.05) is 7.05 Å². The summed E-state index contributed by atoms with van der Waals surface area (Å²) in [5.74, 6) is 0. The highest BCUT2D eigenvalue weighted by Gasteiger charge is 2.29.